The molecule has 0 aliphatic heterocycles. The van der Waals surface area contributed by atoms with Gasteiger partial charge in [0, 0.05) is 6.42 Å². The molecule has 0 unspecified atom stereocenters. The van der Waals surface area contributed by atoms with Crippen LogP contribution >= 0.6 is 0 Å². The smallest absolute Gasteiger partial charge is 0.0673 e. The van der Waals surface area contributed by atoms with Crippen LogP contribution in [0.3, 0.4) is 0 Å². The standard InChI is InChI=1S/C9H12N2/c1-2-5-8-6-3-4-7-9(8)11-10/h2-4,6H,1,5,7,10H2. The fraction of sp³-hybridized carbons (Fsp3) is 0.222. The van der Waals surface area contributed by atoms with Crippen LogP contribution in [0.1, 0.15) is 12.8 Å². The summed E-state index contributed by atoms with van der Waals surface area (Å²) in [5.74, 6) is 5.20. The summed E-state index contributed by atoms with van der Waals surface area (Å²) < 4.78 is 0. The van der Waals surface area contributed by atoms with Crippen LogP contribution in [0.15, 0.2) is 41.6 Å². The summed E-state index contributed by atoms with van der Waals surface area (Å²) in [7, 11) is 0. The highest BCUT2D eigenvalue weighted by atomic mass is 15.1. The van der Waals surface area contributed by atoms with Gasteiger partial charge in [0.25, 0.3) is 0 Å². The highest BCUT2D eigenvalue weighted by Crippen LogP contribution is 2.12. The summed E-state index contributed by atoms with van der Waals surface area (Å²) in [5.41, 5.74) is 2.14. The molecule has 2 N–H and O–H groups in total. The van der Waals surface area contributed by atoms with E-state index in [0.29, 0.717) is 0 Å². The van der Waals surface area contributed by atoms with E-state index in [-0.39, 0.29) is 0 Å². The number of hydrogen-bond acceptors (Lipinski definition) is 2. The van der Waals surface area contributed by atoms with Crippen LogP contribution in [-0.2, 0) is 0 Å². The predicted octanol–water partition coefficient (Wildman–Crippen LogP) is 1.76. The van der Waals surface area contributed by atoms with Crippen molar-refractivity contribution in [3.63, 3.8) is 0 Å². The van der Waals surface area contributed by atoms with Gasteiger partial charge in [-0.1, -0.05) is 24.3 Å². The van der Waals surface area contributed by atoms with Crippen molar-refractivity contribution in [2.75, 3.05) is 0 Å². The average Bonchev–Trinajstić information content (AvgIpc) is 2.06. The van der Waals surface area contributed by atoms with Gasteiger partial charge < -0.3 is 5.84 Å². The highest BCUT2D eigenvalue weighted by molar-refractivity contribution is 6.02. The predicted molar refractivity (Wildman–Crippen MR) is 48.3 cm³/mol. The molecule has 0 spiro atoms. The maximum absolute atomic E-state index is 5.20. The third kappa shape index (κ3) is 1.80. The molecular weight excluding hydrogens is 136 g/mol. The van der Waals surface area contributed by atoms with Gasteiger partial charge in [0.15, 0.2) is 0 Å². The largest absolute Gasteiger partial charge is 0.323 e. The van der Waals surface area contributed by atoms with Gasteiger partial charge >= 0.3 is 0 Å². The van der Waals surface area contributed by atoms with Crippen molar-refractivity contribution in [3.8, 4) is 0 Å². The van der Waals surface area contributed by atoms with Crippen LogP contribution in [0.5, 0.6) is 0 Å². The minimum Gasteiger partial charge on any atom is -0.323 e. The first-order chi connectivity index (χ1) is 5.38. The Morgan fingerprint density at radius 2 is 2.55 bits per heavy atom. The maximum Gasteiger partial charge on any atom is 0.0673 e. The number of nitrogens with zero attached hydrogens (tertiary/aromatic N) is 1. The zero-order valence-corrected chi connectivity index (χ0v) is 6.46. The fourth-order valence-corrected chi connectivity index (χ4v) is 1.07. The molecule has 58 valence electrons. The van der Waals surface area contributed by atoms with Gasteiger partial charge in [0.05, 0.1) is 5.71 Å². The molecule has 2 heteroatoms. The number of hydrazone groups is 1. The molecule has 11 heavy (non-hydrogen) atoms. The minimum atomic E-state index is 0.843. The number of rotatable bonds is 2. The second-order valence-corrected chi connectivity index (χ2v) is 2.39. The second kappa shape index (κ2) is 3.76. The quantitative estimate of drug-likeness (QED) is 0.361. The first-order valence-corrected chi connectivity index (χ1v) is 3.62. The minimum absolute atomic E-state index is 0.843. The van der Waals surface area contributed by atoms with E-state index in [1.54, 1.807) is 0 Å². The molecule has 0 radical (unpaired) electrons. The molecule has 2 nitrogen and oxygen atoms in total. The molecular formula is C9H12N2. The molecule has 1 aliphatic rings. The van der Waals surface area contributed by atoms with Gasteiger partial charge in [-0.25, -0.2) is 0 Å². The molecule has 0 atom stereocenters. The van der Waals surface area contributed by atoms with Crippen LogP contribution in [0.2, 0.25) is 0 Å². The van der Waals surface area contributed by atoms with Crippen molar-refractivity contribution in [2.45, 2.75) is 12.8 Å². The van der Waals surface area contributed by atoms with Crippen LogP contribution in [-0.4, -0.2) is 5.71 Å². The summed E-state index contributed by atoms with van der Waals surface area (Å²) in [6, 6.07) is 0. The molecule has 0 saturated carbocycles. The SMILES string of the molecule is C=CCC1=CC=CCC1=NN. The lowest BCUT2D eigenvalue weighted by Gasteiger charge is -2.08. The van der Waals surface area contributed by atoms with E-state index in [4.69, 9.17) is 5.84 Å². The van der Waals surface area contributed by atoms with Gasteiger partial charge in [-0.2, -0.15) is 5.10 Å². The lowest BCUT2D eigenvalue weighted by atomic mass is 10.00. The van der Waals surface area contributed by atoms with E-state index in [2.05, 4.69) is 11.7 Å². The molecule has 0 amide bonds. The molecule has 1 aliphatic carbocycles. The van der Waals surface area contributed by atoms with Crippen molar-refractivity contribution in [2.24, 2.45) is 10.9 Å². The van der Waals surface area contributed by atoms with Crippen molar-refractivity contribution in [1.29, 1.82) is 0 Å². The Morgan fingerprint density at radius 3 is 3.18 bits per heavy atom. The number of allylic oxidation sites excluding steroid dienone is 5. The van der Waals surface area contributed by atoms with Crippen molar-refractivity contribution >= 4 is 5.71 Å². The Morgan fingerprint density at radius 1 is 1.73 bits per heavy atom. The zero-order chi connectivity index (χ0) is 8.10. The molecule has 0 saturated heterocycles. The molecule has 0 aromatic carbocycles. The third-order valence-electron chi connectivity index (χ3n) is 1.64. The Balaban J connectivity index is 2.78. The molecule has 0 fully saturated rings. The van der Waals surface area contributed by atoms with Gasteiger partial charge in [0.2, 0.25) is 0 Å². The topological polar surface area (TPSA) is 38.4 Å². The van der Waals surface area contributed by atoms with E-state index in [9.17, 15) is 0 Å². The van der Waals surface area contributed by atoms with Crippen molar-refractivity contribution in [3.05, 3.63) is 36.5 Å². The monoisotopic (exact) mass is 148 g/mol. The number of nitrogens with two attached hydrogens (primary N) is 1. The lowest BCUT2D eigenvalue weighted by molar-refractivity contribution is 1.17. The summed E-state index contributed by atoms with van der Waals surface area (Å²) >= 11 is 0. The van der Waals surface area contributed by atoms with E-state index in [1.165, 1.54) is 5.57 Å². The highest BCUT2D eigenvalue weighted by Gasteiger charge is 2.05. The van der Waals surface area contributed by atoms with Gasteiger partial charge in [-0.15, -0.1) is 6.58 Å². The van der Waals surface area contributed by atoms with E-state index < -0.39 is 0 Å². The summed E-state index contributed by atoms with van der Waals surface area (Å²) in [6.07, 6.45) is 9.63. The second-order valence-electron chi connectivity index (χ2n) is 2.39. The normalized spacial score (nSPS) is 20.0. The van der Waals surface area contributed by atoms with Gasteiger partial charge in [0.1, 0.15) is 0 Å². The van der Waals surface area contributed by atoms with Gasteiger partial charge in [-0.3, -0.25) is 0 Å². The Hall–Kier alpha value is -1.31. The van der Waals surface area contributed by atoms with E-state index >= 15 is 0 Å². The van der Waals surface area contributed by atoms with E-state index in [1.807, 2.05) is 24.3 Å². The van der Waals surface area contributed by atoms with E-state index in [0.717, 1.165) is 18.6 Å². The van der Waals surface area contributed by atoms with Crippen LogP contribution in [0, 0.1) is 0 Å². The average molecular weight is 148 g/mol. The summed E-state index contributed by atoms with van der Waals surface area (Å²) in [6.45, 7) is 3.66. The molecule has 0 bridgehead atoms. The van der Waals surface area contributed by atoms with Crippen molar-refractivity contribution < 1.29 is 0 Å². The summed E-state index contributed by atoms with van der Waals surface area (Å²) in [4.78, 5) is 0. The Bertz CT molecular complexity index is 234. The fourth-order valence-electron chi connectivity index (χ4n) is 1.07. The maximum atomic E-state index is 5.20. The summed E-state index contributed by atoms with van der Waals surface area (Å²) in [5, 5.41) is 3.70. The molecule has 0 heterocycles. The third-order valence-corrected chi connectivity index (χ3v) is 1.64. The molecule has 0 aromatic rings. The van der Waals surface area contributed by atoms with Gasteiger partial charge in [-0.05, 0) is 12.0 Å². The van der Waals surface area contributed by atoms with Crippen LogP contribution in [0.25, 0.3) is 0 Å². The Kier molecular flexibility index (Phi) is 2.66. The van der Waals surface area contributed by atoms with Crippen LogP contribution in [0.4, 0.5) is 0 Å². The van der Waals surface area contributed by atoms with Crippen LogP contribution < -0.4 is 5.84 Å². The lowest BCUT2D eigenvalue weighted by Crippen LogP contribution is -2.06. The first kappa shape index (κ1) is 7.79. The zero-order valence-electron chi connectivity index (χ0n) is 6.46. The Labute approximate surface area is 66.8 Å². The van der Waals surface area contributed by atoms with Crippen molar-refractivity contribution in [1.82, 2.24) is 0 Å². The molecule has 1 rings (SSSR count). The first-order valence-electron chi connectivity index (χ1n) is 3.62. The number of hydrogen-bond donors (Lipinski definition) is 1. The molecule has 0 aromatic heterocycles.